The number of hydrogen-bond acceptors (Lipinski definition) is 2. The second kappa shape index (κ2) is 10.7. The molecular weight excluding hydrogens is 719 g/mol. The molecule has 13 rings (SSSR count). The maximum atomic E-state index is 2.77. The van der Waals surface area contributed by atoms with Crippen LogP contribution in [-0.2, 0) is 16.2 Å². The molecule has 0 unspecified atom stereocenters. The minimum Gasteiger partial charge on any atom is -0.367 e. The highest BCUT2D eigenvalue weighted by molar-refractivity contribution is 7.26. The van der Waals surface area contributed by atoms with Crippen LogP contribution in [-0.4, -0.2) is 11.3 Å². The highest BCUT2D eigenvalue weighted by Gasteiger charge is 2.47. The molecule has 58 heavy (non-hydrogen) atoms. The molecule has 0 fully saturated rings. The Kier molecular flexibility index (Phi) is 6.18. The largest absolute Gasteiger partial charge is 0.367 e. The summed E-state index contributed by atoms with van der Waals surface area (Å²) in [6.45, 7) is 17.1. The number of anilines is 3. The van der Waals surface area contributed by atoms with Gasteiger partial charge in [0, 0.05) is 54.4 Å². The molecule has 0 N–H and O–H groups in total. The van der Waals surface area contributed by atoms with E-state index in [-0.39, 0.29) is 23.1 Å². The number of nitrogens with zero attached hydrogens (tertiary/aromatic N) is 2. The first-order valence-corrected chi connectivity index (χ1v) is 22.0. The third-order valence-corrected chi connectivity index (χ3v) is 16.3. The predicted octanol–water partition coefficient (Wildman–Crippen LogP) is 13.5. The van der Waals surface area contributed by atoms with E-state index >= 15 is 0 Å². The van der Waals surface area contributed by atoms with Crippen LogP contribution in [0.25, 0.3) is 64.2 Å². The molecule has 4 heterocycles. The number of hydrogen-bond donors (Lipinski definition) is 0. The molecule has 2 aliphatic heterocycles. The molecule has 2 nitrogen and oxygen atoms in total. The summed E-state index contributed by atoms with van der Waals surface area (Å²) in [7, 11) is 0. The van der Waals surface area contributed by atoms with Crippen LogP contribution in [0, 0.1) is 6.92 Å². The molecule has 7 aromatic carbocycles. The number of aromatic nitrogens is 1. The van der Waals surface area contributed by atoms with E-state index in [1.165, 1.54) is 133 Å². The fourth-order valence-electron chi connectivity index (χ4n) is 12.0. The minimum absolute atomic E-state index is 0.00179. The maximum Gasteiger partial charge on any atom is 0.333 e. The number of rotatable bonds is 1. The molecule has 4 aliphatic rings. The van der Waals surface area contributed by atoms with E-state index in [2.05, 4.69) is 179 Å². The van der Waals surface area contributed by atoms with Crippen molar-refractivity contribution in [1.82, 2.24) is 4.48 Å². The van der Waals surface area contributed by atoms with Crippen LogP contribution in [0.4, 0.5) is 17.1 Å². The monoisotopic (exact) mass is 764 g/mol. The Bertz CT molecular complexity index is 3350. The zero-order valence-corrected chi connectivity index (χ0v) is 35.2. The molecular formula is C54H45BN2S. The summed E-state index contributed by atoms with van der Waals surface area (Å²) in [5.41, 5.74) is 20.9. The molecule has 4 heteroatoms. The summed E-state index contributed by atoms with van der Waals surface area (Å²) in [6, 6.07) is 47.4. The average molecular weight is 765 g/mol. The molecule has 2 aromatic heterocycles. The Labute approximate surface area is 344 Å². The topological polar surface area (TPSA) is 8.17 Å². The number of benzene rings is 7. The predicted molar refractivity (Wildman–Crippen MR) is 250 cm³/mol. The van der Waals surface area contributed by atoms with Gasteiger partial charge in [-0.05, 0) is 121 Å². The third-order valence-electron chi connectivity index (χ3n) is 15.1. The lowest BCUT2D eigenvalue weighted by Crippen LogP contribution is -2.57. The van der Waals surface area contributed by atoms with Crippen molar-refractivity contribution >= 4 is 88.2 Å². The molecule has 9 aromatic rings. The van der Waals surface area contributed by atoms with E-state index in [0.717, 1.165) is 0 Å². The van der Waals surface area contributed by atoms with Gasteiger partial charge in [0.1, 0.15) is 0 Å². The lowest BCUT2D eigenvalue weighted by molar-refractivity contribution is 0.332. The minimum atomic E-state index is -0.124. The highest BCUT2D eigenvalue weighted by Crippen LogP contribution is 2.55. The molecule has 0 radical (unpaired) electrons. The Morgan fingerprint density at radius 3 is 2.09 bits per heavy atom. The number of fused-ring (bicyclic) bond motifs is 15. The first-order valence-electron chi connectivity index (χ1n) is 21.2. The van der Waals surface area contributed by atoms with Crippen molar-refractivity contribution < 1.29 is 0 Å². The Hall–Kier alpha value is -5.58. The fraction of sp³-hybridized carbons (Fsp3) is 0.222. The van der Waals surface area contributed by atoms with Crippen molar-refractivity contribution in [2.24, 2.45) is 0 Å². The van der Waals surface area contributed by atoms with Gasteiger partial charge in [0.05, 0.1) is 4.83 Å². The number of aryl methyl sites for hydroxylation is 1. The average Bonchev–Trinajstić information content (AvgIpc) is 3.83. The van der Waals surface area contributed by atoms with E-state index in [1.807, 2.05) is 11.3 Å². The van der Waals surface area contributed by atoms with Gasteiger partial charge in [0.25, 0.3) is 0 Å². The Balaban J connectivity index is 1.23. The smallest absolute Gasteiger partial charge is 0.333 e. The molecule has 280 valence electrons. The van der Waals surface area contributed by atoms with Gasteiger partial charge in [0.2, 0.25) is 0 Å². The van der Waals surface area contributed by atoms with E-state index in [0.29, 0.717) is 0 Å². The zero-order valence-electron chi connectivity index (χ0n) is 34.3. The van der Waals surface area contributed by atoms with Crippen molar-refractivity contribution in [3.05, 3.63) is 149 Å². The first-order chi connectivity index (χ1) is 27.9. The summed E-state index contributed by atoms with van der Waals surface area (Å²) in [5, 5.41) is 6.74. The van der Waals surface area contributed by atoms with Gasteiger partial charge in [-0.3, -0.25) is 0 Å². The third kappa shape index (κ3) is 3.96. The zero-order chi connectivity index (χ0) is 39.2. The van der Waals surface area contributed by atoms with E-state index in [9.17, 15) is 0 Å². The van der Waals surface area contributed by atoms with Crippen molar-refractivity contribution in [3.63, 3.8) is 0 Å². The summed E-state index contributed by atoms with van der Waals surface area (Å²) in [6.07, 6.45) is 2.39. The molecule has 0 amide bonds. The summed E-state index contributed by atoms with van der Waals surface area (Å²) in [5.74, 6) is 0. The lowest BCUT2D eigenvalue weighted by Gasteiger charge is -2.45. The Morgan fingerprint density at radius 2 is 1.26 bits per heavy atom. The standard InChI is InChI=1S/C54H45BN2S/c1-30-25-40-41(53(4,5)24-23-52(40,2)3)29-43(30)56-44-27-37-33-17-10-12-21-38(33)54(6,7)39(37)28-42(44)55-49-45(56)26-31-15-8-9-16-32(31)47(49)35-19-14-20-36-48-34-18-11-13-22-46(34)58-51(48)57(55)50(35)36/h8-22,25-29H,23-24H2,1-7H3. The van der Waals surface area contributed by atoms with Gasteiger partial charge in [-0.15, -0.1) is 11.3 Å². The second-order valence-corrected chi connectivity index (χ2v) is 20.6. The van der Waals surface area contributed by atoms with E-state index in [4.69, 9.17) is 0 Å². The molecule has 0 saturated heterocycles. The normalized spacial score (nSPS) is 17.4. The quantitative estimate of drug-likeness (QED) is 0.151. The summed E-state index contributed by atoms with van der Waals surface area (Å²) in [4.78, 5) is 4.07. The van der Waals surface area contributed by atoms with Crippen LogP contribution >= 0.6 is 11.3 Å². The van der Waals surface area contributed by atoms with Gasteiger partial charge >= 0.3 is 6.85 Å². The van der Waals surface area contributed by atoms with Crippen molar-refractivity contribution in [1.29, 1.82) is 0 Å². The molecule has 0 saturated carbocycles. The van der Waals surface area contributed by atoms with Crippen LogP contribution < -0.4 is 15.8 Å². The van der Waals surface area contributed by atoms with Crippen LogP contribution in [0.1, 0.15) is 82.2 Å². The second-order valence-electron chi connectivity index (χ2n) is 19.6. The van der Waals surface area contributed by atoms with E-state index in [1.54, 1.807) is 0 Å². The van der Waals surface area contributed by atoms with Gasteiger partial charge in [-0.1, -0.05) is 139 Å². The van der Waals surface area contributed by atoms with E-state index < -0.39 is 0 Å². The molecule has 0 spiro atoms. The SMILES string of the molecule is Cc1cc2c(cc1N1c3cc4c(cc3B3c5c1cc1ccccc1c5-c1cccc5c6c7ccccc7sc6n3c15)C(C)(C)c1ccccc1-4)C(C)(C)CCC2(C)C. The summed E-state index contributed by atoms with van der Waals surface area (Å²) >= 11 is 1.96. The molecule has 0 atom stereocenters. The van der Waals surface area contributed by atoms with Gasteiger partial charge < -0.3 is 9.38 Å². The van der Waals surface area contributed by atoms with Gasteiger partial charge in [-0.25, -0.2) is 0 Å². The van der Waals surface area contributed by atoms with Crippen molar-refractivity contribution in [2.75, 3.05) is 4.90 Å². The van der Waals surface area contributed by atoms with Crippen LogP contribution in [0.5, 0.6) is 0 Å². The van der Waals surface area contributed by atoms with Crippen molar-refractivity contribution in [2.45, 2.75) is 77.6 Å². The molecule has 2 aliphatic carbocycles. The molecule has 0 bridgehead atoms. The summed E-state index contributed by atoms with van der Waals surface area (Å²) < 4.78 is 4.13. The van der Waals surface area contributed by atoms with Crippen LogP contribution in [0.2, 0.25) is 0 Å². The first kappa shape index (κ1) is 33.4. The van der Waals surface area contributed by atoms with Crippen LogP contribution in [0.3, 0.4) is 0 Å². The number of para-hydroxylation sites is 1. The fourth-order valence-corrected chi connectivity index (χ4v) is 13.3. The van der Waals surface area contributed by atoms with Crippen LogP contribution in [0.15, 0.2) is 121 Å². The Morgan fingerprint density at radius 1 is 0.569 bits per heavy atom. The van der Waals surface area contributed by atoms with Gasteiger partial charge in [-0.2, -0.15) is 0 Å². The van der Waals surface area contributed by atoms with Crippen molar-refractivity contribution in [3.8, 4) is 22.3 Å². The highest BCUT2D eigenvalue weighted by atomic mass is 32.1. The lowest BCUT2D eigenvalue weighted by atomic mass is 9.44. The maximum absolute atomic E-state index is 2.77. The van der Waals surface area contributed by atoms with Gasteiger partial charge in [0.15, 0.2) is 0 Å². The number of thiophene rings is 1.